The number of ether oxygens (including phenoxy) is 3. The summed E-state index contributed by atoms with van der Waals surface area (Å²) in [6.07, 6.45) is 3.13. The smallest absolute Gasteiger partial charge is 0.193 e. The molecule has 0 saturated carbocycles. The van der Waals surface area contributed by atoms with Crippen molar-refractivity contribution in [2.24, 2.45) is 4.99 Å². The molecule has 0 spiro atoms. The zero-order valence-corrected chi connectivity index (χ0v) is 21.2. The second-order valence-electron chi connectivity index (χ2n) is 7.47. The molecule has 7 heteroatoms. The van der Waals surface area contributed by atoms with Crippen LogP contribution < -0.4 is 19.5 Å². The maximum atomic E-state index is 5.39. The number of aliphatic imine (C=N–C) groups is 1. The Balaban J connectivity index is 0.00000341. The van der Waals surface area contributed by atoms with Gasteiger partial charge in [-0.15, -0.1) is 24.0 Å². The van der Waals surface area contributed by atoms with Gasteiger partial charge in [-0.1, -0.05) is 18.2 Å². The molecule has 0 aromatic heterocycles. The van der Waals surface area contributed by atoms with Gasteiger partial charge in [0.05, 0.1) is 21.3 Å². The number of hydrogen-bond donors (Lipinski definition) is 1. The van der Waals surface area contributed by atoms with Crippen molar-refractivity contribution >= 4 is 29.9 Å². The molecule has 1 N–H and O–H groups in total. The number of aryl methyl sites for hydroxylation is 1. The first-order valence-electron chi connectivity index (χ1n) is 10.5. The third kappa shape index (κ3) is 6.66. The van der Waals surface area contributed by atoms with Crippen LogP contribution in [0.4, 0.5) is 0 Å². The lowest BCUT2D eigenvalue weighted by Crippen LogP contribution is -2.40. The third-order valence-corrected chi connectivity index (χ3v) is 5.66. The molecule has 0 radical (unpaired) electrons. The van der Waals surface area contributed by atoms with Gasteiger partial charge in [-0.3, -0.25) is 4.99 Å². The van der Waals surface area contributed by atoms with Crippen LogP contribution in [0.3, 0.4) is 0 Å². The van der Waals surface area contributed by atoms with E-state index in [1.807, 2.05) is 31.3 Å². The van der Waals surface area contributed by atoms with Gasteiger partial charge in [0.15, 0.2) is 17.5 Å². The van der Waals surface area contributed by atoms with Crippen LogP contribution in [0.2, 0.25) is 0 Å². The van der Waals surface area contributed by atoms with Crippen molar-refractivity contribution in [3.05, 3.63) is 53.6 Å². The van der Waals surface area contributed by atoms with Crippen LogP contribution in [0.25, 0.3) is 0 Å². The minimum atomic E-state index is 0. The minimum absolute atomic E-state index is 0. The SMILES string of the molecule is CN=C(NCCCc1ccc(OC)c(OC)c1)N1CCC(c2ccc(OC)cc2)C1.I. The average Bonchev–Trinajstić information content (AvgIpc) is 3.29. The Bertz CT molecular complexity index is 842. The summed E-state index contributed by atoms with van der Waals surface area (Å²) < 4.78 is 16.0. The molecule has 2 aromatic rings. The molecule has 1 heterocycles. The van der Waals surface area contributed by atoms with E-state index in [9.17, 15) is 0 Å². The molecule has 1 saturated heterocycles. The number of guanidine groups is 1. The zero-order valence-electron chi connectivity index (χ0n) is 18.9. The minimum Gasteiger partial charge on any atom is -0.497 e. The van der Waals surface area contributed by atoms with Crippen molar-refractivity contribution in [1.29, 1.82) is 0 Å². The molecule has 1 atom stereocenters. The molecule has 6 nitrogen and oxygen atoms in total. The fraction of sp³-hybridized carbons (Fsp3) is 0.458. The summed E-state index contributed by atoms with van der Waals surface area (Å²) in [4.78, 5) is 6.85. The zero-order chi connectivity index (χ0) is 21.3. The summed E-state index contributed by atoms with van der Waals surface area (Å²) in [6, 6.07) is 14.5. The summed E-state index contributed by atoms with van der Waals surface area (Å²) in [5, 5.41) is 3.52. The first-order valence-corrected chi connectivity index (χ1v) is 10.5. The van der Waals surface area contributed by atoms with E-state index >= 15 is 0 Å². The first-order chi connectivity index (χ1) is 14.7. The molecule has 0 bridgehead atoms. The Labute approximate surface area is 203 Å². The van der Waals surface area contributed by atoms with Crippen LogP contribution in [0.1, 0.15) is 29.9 Å². The Morgan fingerprint density at radius 1 is 1.03 bits per heavy atom. The highest BCUT2D eigenvalue weighted by Crippen LogP contribution is 2.29. The lowest BCUT2D eigenvalue weighted by molar-refractivity contribution is 0.354. The maximum absolute atomic E-state index is 5.39. The van der Waals surface area contributed by atoms with Crippen LogP contribution in [0.5, 0.6) is 17.2 Å². The van der Waals surface area contributed by atoms with E-state index in [1.54, 1.807) is 21.3 Å². The van der Waals surface area contributed by atoms with Gasteiger partial charge in [-0.25, -0.2) is 0 Å². The molecule has 31 heavy (non-hydrogen) atoms. The maximum Gasteiger partial charge on any atom is 0.193 e. The molecule has 0 aliphatic carbocycles. The Morgan fingerprint density at radius 2 is 1.77 bits per heavy atom. The van der Waals surface area contributed by atoms with E-state index in [4.69, 9.17) is 14.2 Å². The first kappa shape index (κ1) is 25.1. The number of nitrogens with one attached hydrogen (secondary N) is 1. The van der Waals surface area contributed by atoms with Gasteiger partial charge in [0.25, 0.3) is 0 Å². The normalized spacial score (nSPS) is 15.9. The standard InChI is InChI=1S/C24H33N3O3.HI/c1-25-24(26-14-5-6-18-7-12-22(29-3)23(16-18)30-4)27-15-13-20(17-27)19-8-10-21(28-2)11-9-19;/h7-12,16,20H,5-6,13-15,17H2,1-4H3,(H,25,26);1H. The monoisotopic (exact) mass is 539 g/mol. The van der Waals surface area contributed by atoms with Gasteiger partial charge in [-0.2, -0.15) is 0 Å². The van der Waals surface area contributed by atoms with Crippen molar-refractivity contribution < 1.29 is 14.2 Å². The summed E-state index contributed by atoms with van der Waals surface area (Å²) in [7, 11) is 6.89. The summed E-state index contributed by atoms with van der Waals surface area (Å²) in [5.74, 6) is 3.96. The second kappa shape index (κ2) is 12.6. The highest BCUT2D eigenvalue weighted by atomic mass is 127. The van der Waals surface area contributed by atoms with Crippen molar-refractivity contribution in [2.45, 2.75) is 25.2 Å². The number of likely N-dealkylation sites (tertiary alicyclic amines) is 1. The summed E-state index contributed by atoms with van der Waals surface area (Å²) in [6.45, 7) is 2.89. The Morgan fingerprint density at radius 3 is 2.42 bits per heavy atom. The lowest BCUT2D eigenvalue weighted by atomic mass is 9.98. The largest absolute Gasteiger partial charge is 0.497 e. The second-order valence-corrected chi connectivity index (χ2v) is 7.47. The average molecular weight is 539 g/mol. The molecule has 1 aliphatic heterocycles. The molecular weight excluding hydrogens is 505 g/mol. The van der Waals surface area contributed by atoms with Crippen LogP contribution in [0, 0.1) is 0 Å². The molecule has 1 aliphatic rings. The Kier molecular flexibility index (Phi) is 10.2. The molecule has 0 amide bonds. The number of methoxy groups -OCH3 is 3. The lowest BCUT2D eigenvalue weighted by Gasteiger charge is -2.22. The summed E-state index contributed by atoms with van der Waals surface area (Å²) >= 11 is 0. The number of nitrogens with zero attached hydrogens (tertiary/aromatic N) is 2. The fourth-order valence-electron chi connectivity index (χ4n) is 3.96. The fourth-order valence-corrected chi connectivity index (χ4v) is 3.96. The van der Waals surface area contributed by atoms with E-state index in [0.29, 0.717) is 5.92 Å². The number of halogens is 1. The molecule has 1 unspecified atom stereocenters. The van der Waals surface area contributed by atoms with Crippen molar-refractivity contribution in [2.75, 3.05) is 48.0 Å². The predicted molar refractivity (Wildman–Crippen MR) is 137 cm³/mol. The number of rotatable bonds is 8. The predicted octanol–water partition coefficient (Wildman–Crippen LogP) is 4.33. The summed E-state index contributed by atoms with van der Waals surface area (Å²) in [5.41, 5.74) is 2.60. The van der Waals surface area contributed by atoms with Crippen molar-refractivity contribution in [3.8, 4) is 17.2 Å². The van der Waals surface area contributed by atoms with Crippen molar-refractivity contribution in [3.63, 3.8) is 0 Å². The highest BCUT2D eigenvalue weighted by Gasteiger charge is 2.25. The van der Waals surface area contributed by atoms with Gasteiger partial charge >= 0.3 is 0 Å². The van der Waals surface area contributed by atoms with Gasteiger partial charge in [0.1, 0.15) is 5.75 Å². The third-order valence-electron chi connectivity index (χ3n) is 5.66. The van der Waals surface area contributed by atoms with Crippen molar-refractivity contribution in [1.82, 2.24) is 10.2 Å². The molecule has 2 aromatic carbocycles. The van der Waals surface area contributed by atoms with E-state index in [1.165, 1.54) is 11.1 Å². The Hall–Kier alpha value is -2.16. The van der Waals surface area contributed by atoms with E-state index in [0.717, 1.165) is 62.1 Å². The van der Waals surface area contributed by atoms with Gasteiger partial charge in [-0.05, 0) is 54.7 Å². The molecule has 1 fully saturated rings. The van der Waals surface area contributed by atoms with Crippen LogP contribution >= 0.6 is 24.0 Å². The van der Waals surface area contributed by atoms with Crippen LogP contribution in [0.15, 0.2) is 47.5 Å². The van der Waals surface area contributed by atoms with Gasteiger partial charge in [0.2, 0.25) is 0 Å². The van der Waals surface area contributed by atoms with Gasteiger partial charge in [0, 0.05) is 32.6 Å². The molecular formula is C24H34IN3O3. The quantitative estimate of drug-likeness (QED) is 0.234. The molecule has 170 valence electrons. The highest BCUT2D eigenvalue weighted by molar-refractivity contribution is 14.0. The van der Waals surface area contributed by atoms with Crippen LogP contribution in [-0.4, -0.2) is 58.9 Å². The van der Waals surface area contributed by atoms with E-state index in [2.05, 4.69) is 33.4 Å². The van der Waals surface area contributed by atoms with Crippen LogP contribution in [-0.2, 0) is 6.42 Å². The van der Waals surface area contributed by atoms with Gasteiger partial charge < -0.3 is 24.4 Å². The topological polar surface area (TPSA) is 55.3 Å². The molecule has 3 rings (SSSR count). The number of benzene rings is 2. The van der Waals surface area contributed by atoms with E-state index in [-0.39, 0.29) is 24.0 Å². The van der Waals surface area contributed by atoms with E-state index < -0.39 is 0 Å². The number of hydrogen-bond acceptors (Lipinski definition) is 4.